The molecule has 1 atom stereocenters. The average molecular weight is 313 g/mol. The summed E-state index contributed by atoms with van der Waals surface area (Å²) in [5.41, 5.74) is 1.38. The number of amides is 1. The molecule has 1 aromatic carbocycles. The molecule has 0 bridgehead atoms. The van der Waals surface area contributed by atoms with Gasteiger partial charge in [-0.1, -0.05) is 6.92 Å². The first-order valence-electron chi connectivity index (χ1n) is 7.89. The van der Waals surface area contributed by atoms with Crippen molar-refractivity contribution in [3.05, 3.63) is 48.2 Å². The van der Waals surface area contributed by atoms with Crippen LogP contribution in [-0.4, -0.2) is 23.5 Å². The third kappa shape index (κ3) is 4.71. The highest BCUT2D eigenvalue weighted by Gasteiger charge is 2.14. The van der Waals surface area contributed by atoms with E-state index in [0.717, 1.165) is 17.9 Å². The quantitative estimate of drug-likeness (QED) is 0.817. The second-order valence-corrected chi connectivity index (χ2v) is 5.26. The fraction of sp³-hybridized carbons (Fsp3) is 0.333. The molecule has 0 fully saturated rings. The van der Waals surface area contributed by atoms with E-state index in [4.69, 9.17) is 4.74 Å². The van der Waals surface area contributed by atoms with Crippen LogP contribution in [0.2, 0.25) is 0 Å². The van der Waals surface area contributed by atoms with E-state index in [0.29, 0.717) is 18.0 Å². The Bertz CT molecular complexity index is 641. The number of ether oxygens (including phenoxy) is 1. The molecule has 1 unspecified atom stereocenters. The van der Waals surface area contributed by atoms with Gasteiger partial charge in [-0.05, 0) is 56.7 Å². The van der Waals surface area contributed by atoms with Crippen molar-refractivity contribution in [3.8, 4) is 5.75 Å². The second-order valence-electron chi connectivity index (χ2n) is 5.26. The first-order valence-corrected chi connectivity index (χ1v) is 7.89. The van der Waals surface area contributed by atoms with Gasteiger partial charge in [-0.15, -0.1) is 0 Å². The van der Waals surface area contributed by atoms with Gasteiger partial charge in [0.25, 0.3) is 5.91 Å². The monoisotopic (exact) mass is 313 g/mol. The zero-order valence-corrected chi connectivity index (χ0v) is 13.8. The van der Waals surface area contributed by atoms with E-state index in [-0.39, 0.29) is 11.9 Å². The molecule has 0 saturated heterocycles. The highest BCUT2D eigenvalue weighted by molar-refractivity contribution is 5.99. The minimum Gasteiger partial charge on any atom is -0.494 e. The summed E-state index contributed by atoms with van der Waals surface area (Å²) in [7, 11) is 0. The fourth-order valence-electron chi connectivity index (χ4n) is 2.03. The molecule has 2 rings (SSSR count). The number of anilines is 2. The largest absolute Gasteiger partial charge is 0.494 e. The van der Waals surface area contributed by atoms with Crippen molar-refractivity contribution in [2.45, 2.75) is 33.2 Å². The van der Waals surface area contributed by atoms with E-state index in [1.807, 2.05) is 45.0 Å². The van der Waals surface area contributed by atoms with Crippen LogP contribution in [0.4, 0.5) is 11.5 Å². The van der Waals surface area contributed by atoms with Gasteiger partial charge in [0.15, 0.2) is 0 Å². The lowest BCUT2D eigenvalue weighted by atomic mass is 10.2. The SMILES string of the molecule is CCOc1ccc(Nc2ncccc2C(=O)NC(C)CC)cc1. The van der Waals surface area contributed by atoms with Gasteiger partial charge in [-0.25, -0.2) is 4.98 Å². The molecule has 0 aliphatic heterocycles. The molecule has 1 heterocycles. The van der Waals surface area contributed by atoms with Crippen LogP contribution < -0.4 is 15.4 Å². The zero-order chi connectivity index (χ0) is 16.7. The lowest BCUT2D eigenvalue weighted by Gasteiger charge is -2.14. The number of carbonyl (C=O) groups excluding carboxylic acids is 1. The standard InChI is InChI=1S/C18H23N3O2/c1-4-13(3)20-18(22)16-7-6-12-19-17(16)21-14-8-10-15(11-9-14)23-5-2/h6-13H,4-5H2,1-3H3,(H,19,21)(H,20,22). The van der Waals surface area contributed by atoms with Gasteiger partial charge in [-0.3, -0.25) is 4.79 Å². The van der Waals surface area contributed by atoms with Gasteiger partial charge in [-0.2, -0.15) is 0 Å². The number of hydrogen-bond donors (Lipinski definition) is 2. The maximum absolute atomic E-state index is 12.4. The van der Waals surface area contributed by atoms with Gasteiger partial charge in [0, 0.05) is 17.9 Å². The number of pyridine rings is 1. The minimum absolute atomic E-state index is 0.124. The predicted molar refractivity (Wildman–Crippen MR) is 92.3 cm³/mol. The van der Waals surface area contributed by atoms with E-state index < -0.39 is 0 Å². The molecule has 0 spiro atoms. The fourth-order valence-corrected chi connectivity index (χ4v) is 2.03. The lowest BCUT2D eigenvalue weighted by Crippen LogP contribution is -2.32. The van der Waals surface area contributed by atoms with Crippen molar-refractivity contribution < 1.29 is 9.53 Å². The maximum atomic E-state index is 12.4. The molecular weight excluding hydrogens is 290 g/mol. The Kier molecular flexibility index (Phi) is 5.97. The van der Waals surface area contributed by atoms with Crippen molar-refractivity contribution in [1.82, 2.24) is 10.3 Å². The summed E-state index contributed by atoms with van der Waals surface area (Å²) in [4.78, 5) is 16.6. The van der Waals surface area contributed by atoms with E-state index in [1.165, 1.54) is 0 Å². The molecule has 1 aromatic heterocycles. The Morgan fingerprint density at radius 1 is 1.22 bits per heavy atom. The van der Waals surface area contributed by atoms with Crippen LogP contribution >= 0.6 is 0 Å². The molecule has 0 aliphatic rings. The number of hydrogen-bond acceptors (Lipinski definition) is 4. The van der Waals surface area contributed by atoms with Crippen LogP contribution in [0, 0.1) is 0 Å². The summed E-state index contributed by atoms with van der Waals surface area (Å²) >= 11 is 0. The smallest absolute Gasteiger partial charge is 0.255 e. The Morgan fingerprint density at radius 2 is 1.96 bits per heavy atom. The van der Waals surface area contributed by atoms with Crippen LogP contribution in [0.5, 0.6) is 5.75 Å². The third-order valence-electron chi connectivity index (χ3n) is 3.47. The number of benzene rings is 1. The zero-order valence-electron chi connectivity index (χ0n) is 13.8. The second kappa shape index (κ2) is 8.17. The van der Waals surface area contributed by atoms with E-state index in [2.05, 4.69) is 15.6 Å². The van der Waals surface area contributed by atoms with Gasteiger partial charge in [0.1, 0.15) is 11.6 Å². The predicted octanol–water partition coefficient (Wildman–Crippen LogP) is 3.75. The third-order valence-corrected chi connectivity index (χ3v) is 3.47. The molecule has 1 amide bonds. The molecule has 0 aliphatic carbocycles. The number of rotatable bonds is 7. The Balaban J connectivity index is 2.15. The summed E-state index contributed by atoms with van der Waals surface area (Å²) in [6.45, 7) is 6.59. The van der Waals surface area contributed by atoms with Crippen molar-refractivity contribution in [2.75, 3.05) is 11.9 Å². The van der Waals surface area contributed by atoms with Crippen molar-refractivity contribution >= 4 is 17.4 Å². The van der Waals surface area contributed by atoms with Crippen molar-refractivity contribution in [1.29, 1.82) is 0 Å². The van der Waals surface area contributed by atoms with E-state index in [9.17, 15) is 4.79 Å². The van der Waals surface area contributed by atoms with Gasteiger partial charge < -0.3 is 15.4 Å². The highest BCUT2D eigenvalue weighted by atomic mass is 16.5. The van der Waals surface area contributed by atoms with Gasteiger partial charge >= 0.3 is 0 Å². The van der Waals surface area contributed by atoms with Crippen LogP contribution in [0.25, 0.3) is 0 Å². The molecule has 2 N–H and O–H groups in total. The molecule has 2 aromatic rings. The first-order chi connectivity index (χ1) is 11.1. The number of carbonyl (C=O) groups is 1. The topological polar surface area (TPSA) is 63.2 Å². The summed E-state index contributed by atoms with van der Waals surface area (Å²) in [6.07, 6.45) is 2.55. The molecule has 5 nitrogen and oxygen atoms in total. The Hall–Kier alpha value is -2.56. The maximum Gasteiger partial charge on any atom is 0.255 e. The van der Waals surface area contributed by atoms with Gasteiger partial charge in [0.05, 0.1) is 12.2 Å². The lowest BCUT2D eigenvalue weighted by molar-refractivity contribution is 0.0940. The Labute approximate surface area is 137 Å². The summed E-state index contributed by atoms with van der Waals surface area (Å²) < 4.78 is 5.42. The van der Waals surface area contributed by atoms with Gasteiger partial charge in [0.2, 0.25) is 0 Å². The van der Waals surface area contributed by atoms with Crippen molar-refractivity contribution in [3.63, 3.8) is 0 Å². The normalized spacial score (nSPS) is 11.6. The molecule has 5 heteroatoms. The summed E-state index contributed by atoms with van der Waals surface area (Å²) in [5, 5.41) is 6.15. The van der Waals surface area contributed by atoms with Crippen molar-refractivity contribution in [2.24, 2.45) is 0 Å². The average Bonchev–Trinajstić information content (AvgIpc) is 2.57. The van der Waals surface area contributed by atoms with Crippen LogP contribution in [0.15, 0.2) is 42.6 Å². The first kappa shape index (κ1) is 16.8. The van der Waals surface area contributed by atoms with E-state index in [1.54, 1.807) is 18.3 Å². The minimum atomic E-state index is -0.124. The van der Waals surface area contributed by atoms with Crippen LogP contribution in [-0.2, 0) is 0 Å². The van der Waals surface area contributed by atoms with Crippen LogP contribution in [0.1, 0.15) is 37.6 Å². The number of aromatic nitrogens is 1. The molecule has 0 saturated carbocycles. The molecule has 122 valence electrons. The molecule has 23 heavy (non-hydrogen) atoms. The number of nitrogens with one attached hydrogen (secondary N) is 2. The highest BCUT2D eigenvalue weighted by Crippen LogP contribution is 2.21. The number of nitrogens with zero attached hydrogens (tertiary/aromatic N) is 1. The summed E-state index contributed by atoms with van der Waals surface area (Å²) in [5.74, 6) is 1.23. The van der Waals surface area contributed by atoms with Crippen LogP contribution in [0.3, 0.4) is 0 Å². The molecule has 0 radical (unpaired) electrons. The molecular formula is C18H23N3O2. The Morgan fingerprint density at radius 3 is 2.61 bits per heavy atom. The summed E-state index contributed by atoms with van der Waals surface area (Å²) in [6, 6.07) is 11.2. The van der Waals surface area contributed by atoms with E-state index >= 15 is 0 Å².